The molecule has 21 heavy (non-hydrogen) atoms. The summed E-state index contributed by atoms with van der Waals surface area (Å²) in [5, 5.41) is 16.1. The number of rotatable bonds is 6. The number of nitrogens with one attached hydrogen (secondary N) is 1. The van der Waals surface area contributed by atoms with Crippen LogP contribution in [0.25, 0.3) is 0 Å². The number of carboxylic acid groups (broad SMARTS) is 1. The summed E-state index contributed by atoms with van der Waals surface area (Å²) in [7, 11) is 3.06. The second kappa shape index (κ2) is 6.36. The van der Waals surface area contributed by atoms with Gasteiger partial charge in [-0.25, -0.2) is 4.39 Å². The summed E-state index contributed by atoms with van der Waals surface area (Å²) < 4.78 is 18.6. The van der Waals surface area contributed by atoms with E-state index in [0.29, 0.717) is 12.3 Å². The van der Waals surface area contributed by atoms with Crippen molar-refractivity contribution in [1.29, 1.82) is 0 Å². The lowest BCUT2D eigenvalue weighted by molar-refractivity contribution is -0.143. The molecule has 0 aliphatic carbocycles. The number of methoxy groups -OCH3 is 1. The van der Waals surface area contributed by atoms with E-state index in [0.717, 1.165) is 5.69 Å². The third kappa shape index (κ3) is 3.38. The van der Waals surface area contributed by atoms with Crippen molar-refractivity contribution in [2.45, 2.75) is 12.6 Å². The fourth-order valence-corrected chi connectivity index (χ4v) is 2.21. The largest absolute Gasteiger partial charge is 0.496 e. The standard InChI is InChI=1S/C14H16FN3O3/c1-18(8-10-5-6-16-17-10)13(14(19)20)11-7-9(15)3-4-12(11)21-2/h3-7,13H,8H2,1-2H3,(H,16,17)(H,19,20). The van der Waals surface area contributed by atoms with Gasteiger partial charge >= 0.3 is 5.97 Å². The van der Waals surface area contributed by atoms with Gasteiger partial charge in [-0.3, -0.25) is 14.8 Å². The summed E-state index contributed by atoms with van der Waals surface area (Å²) in [6, 6.07) is 4.55. The smallest absolute Gasteiger partial charge is 0.325 e. The van der Waals surface area contributed by atoms with Gasteiger partial charge in [0.1, 0.15) is 17.6 Å². The topological polar surface area (TPSA) is 78.5 Å². The molecule has 0 aliphatic heterocycles. The van der Waals surface area contributed by atoms with Crippen LogP contribution in [-0.2, 0) is 11.3 Å². The Kier molecular flexibility index (Phi) is 4.54. The van der Waals surface area contributed by atoms with Gasteiger partial charge in [0.25, 0.3) is 0 Å². The third-order valence-corrected chi connectivity index (χ3v) is 3.14. The van der Waals surface area contributed by atoms with Crippen molar-refractivity contribution in [3.8, 4) is 5.75 Å². The van der Waals surface area contributed by atoms with Gasteiger partial charge in [0.2, 0.25) is 0 Å². The summed E-state index contributed by atoms with van der Waals surface area (Å²) in [5.41, 5.74) is 1.03. The van der Waals surface area contributed by atoms with Crippen LogP contribution in [0.15, 0.2) is 30.5 Å². The summed E-state index contributed by atoms with van der Waals surface area (Å²) in [6.07, 6.45) is 1.59. The van der Waals surface area contributed by atoms with Crippen LogP contribution in [0.1, 0.15) is 17.3 Å². The zero-order valence-corrected chi connectivity index (χ0v) is 11.7. The minimum Gasteiger partial charge on any atom is -0.496 e. The summed E-state index contributed by atoms with van der Waals surface area (Å²) in [4.78, 5) is 13.2. The van der Waals surface area contributed by atoms with Crippen LogP contribution in [0.4, 0.5) is 4.39 Å². The van der Waals surface area contributed by atoms with Gasteiger partial charge in [-0.1, -0.05) is 0 Å². The quantitative estimate of drug-likeness (QED) is 0.849. The first-order chi connectivity index (χ1) is 10.0. The number of likely N-dealkylation sites (N-methyl/N-ethyl adjacent to an activating group) is 1. The number of H-pyrrole nitrogens is 1. The van der Waals surface area contributed by atoms with E-state index in [2.05, 4.69) is 10.2 Å². The molecule has 1 unspecified atom stereocenters. The van der Waals surface area contributed by atoms with E-state index in [1.807, 2.05) is 0 Å². The van der Waals surface area contributed by atoms with Gasteiger partial charge in [-0.2, -0.15) is 5.10 Å². The van der Waals surface area contributed by atoms with Crippen LogP contribution in [0.2, 0.25) is 0 Å². The molecule has 0 aliphatic rings. The van der Waals surface area contributed by atoms with Crippen molar-refractivity contribution in [2.24, 2.45) is 0 Å². The van der Waals surface area contributed by atoms with E-state index in [4.69, 9.17) is 4.74 Å². The SMILES string of the molecule is COc1ccc(F)cc1C(C(=O)O)N(C)Cc1ccn[nH]1. The van der Waals surface area contributed by atoms with E-state index in [1.54, 1.807) is 24.2 Å². The molecule has 0 radical (unpaired) electrons. The Balaban J connectivity index is 2.34. The second-order valence-electron chi connectivity index (χ2n) is 4.62. The Morgan fingerprint density at radius 2 is 2.29 bits per heavy atom. The number of carboxylic acids is 1. The number of hydrogen-bond acceptors (Lipinski definition) is 4. The molecule has 7 heteroatoms. The van der Waals surface area contributed by atoms with Crippen LogP contribution in [0, 0.1) is 5.82 Å². The van der Waals surface area contributed by atoms with E-state index in [9.17, 15) is 14.3 Å². The Labute approximate surface area is 121 Å². The van der Waals surface area contributed by atoms with E-state index >= 15 is 0 Å². The number of aliphatic carboxylic acids is 1. The average Bonchev–Trinajstić information content (AvgIpc) is 2.91. The molecule has 1 aromatic carbocycles. The van der Waals surface area contributed by atoms with Crippen molar-refractivity contribution in [3.05, 3.63) is 47.5 Å². The second-order valence-corrected chi connectivity index (χ2v) is 4.62. The van der Waals surface area contributed by atoms with Crippen molar-refractivity contribution < 1.29 is 19.0 Å². The highest BCUT2D eigenvalue weighted by Crippen LogP contribution is 2.30. The Hall–Kier alpha value is -2.41. The van der Waals surface area contributed by atoms with E-state index in [1.165, 1.54) is 25.3 Å². The van der Waals surface area contributed by atoms with Gasteiger partial charge in [0.05, 0.1) is 7.11 Å². The Morgan fingerprint density at radius 3 is 2.86 bits per heavy atom. The maximum atomic E-state index is 13.5. The number of hydrogen-bond donors (Lipinski definition) is 2. The third-order valence-electron chi connectivity index (χ3n) is 3.14. The fraction of sp³-hybridized carbons (Fsp3) is 0.286. The van der Waals surface area contributed by atoms with Crippen LogP contribution >= 0.6 is 0 Å². The number of benzene rings is 1. The zero-order valence-electron chi connectivity index (χ0n) is 11.7. The summed E-state index contributed by atoms with van der Waals surface area (Å²) in [5.74, 6) is -1.26. The molecule has 1 aromatic heterocycles. The number of aromatic amines is 1. The highest BCUT2D eigenvalue weighted by Gasteiger charge is 2.28. The van der Waals surface area contributed by atoms with E-state index < -0.39 is 17.8 Å². The average molecular weight is 293 g/mol. The maximum absolute atomic E-state index is 13.5. The molecule has 0 spiro atoms. The van der Waals surface area contributed by atoms with Crippen molar-refractivity contribution in [2.75, 3.05) is 14.2 Å². The highest BCUT2D eigenvalue weighted by molar-refractivity contribution is 5.76. The molecule has 6 nitrogen and oxygen atoms in total. The molecular weight excluding hydrogens is 277 g/mol. The molecule has 2 rings (SSSR count). The molecule has 2 aromatic rings. The molecule has 0 saturated carbocycles. The predicted molar refractivity (Wildman–Crippen MR) is 73.4 cm³/mol. The lowest BCUT2D eigenvalue weighted by Gasteiger charge is -2.25. The molecule has 0 amide bonds. The first-order valence-corrected chi connectivity index (χ1v) is 6.27. The van der Waals surface area contributed by atoms with Gasteiger partial charge in [0, 0.05) is 24.0 Å². The summed E-state index contributed by atoms with van der Waals surface area (Å²) >= 11 is 0. The highest BCUT2D eigenvalue weighted by atomic mass is 19.1. The molecule has 0 bridgehead atoms. The first kappa shape index (κ1) is 15.0. The molecule has 0 fully saturated rings. The Bertz CT molecular complexity index is 616. The number of aromatic nitrogens is 2. The van der Waals surface area contributed by atoms with Gasteiger partial charge < -0.3 is 9.84 Å². The molecule has 2 N–H and O–H groups in total. The monoisotopic (exact) mass is 293 g/mol. The fourth-order valence-electron chi connectivity index (χ4n) is 2.21. The van der Waals surface area contributed by atoms with Crippen molar-refractivity contribution in [1.82, 2.24) is 15.1 Å². The molecule has 112 valence electrons. The van der Waals surface area contributed by atoms with Gasteiger partial charge in [-0.05, 0) is 31.3 Å². The zero-order chi connectivity index (χ0) is 15.4. The van der Waals surface area contributed by atoms with Crippen LogP contribution in [-0.4, -0.2) is 40.3 Å². The van der Waals surface area contributed by atoms with Crippen LogP contribution < -0.4 is 4.74 Å². The lowest BCUT2D eigenvalue weighted by atomic mass is 10.0. The maximum Gasteiger partial charge on any atom is 0.325 e. The molecule has 0 saturated heterocycles. The first-order valence-electron chi connectivity index (χ1n) is 6.27. The normalized spacial score (nSPS) is 12.4. The molecular formula is C14H16FN3O3. The van der Waals surface area contributed by atoms with Crippen molar-refractivity contribution in [3.63, 3.8) is 0 Å². The number of carbonyl (C=O) groups is 1. The van der Waals surface area contributed by atoms with Gasteiger partial charge in [-0.15, -0.1) is 0 Å². The minimum absolute atomic E-state index is 0.270. The lowest BCUT2D eigenvalue weighted by Crippen LogP contribution is -2.31. The van der Waals surface area contributed by atoms with Crippen LogP contribution in [0.3, 0.4) is 0 Å². The predicted octanol–water partition coefficient (Wildman–Crippen LogP) is 1.82. The van der Waals surface area contributed by atoms with Gasteiger partial charge in [0.15, 0.2) is 0 Å². The number of halogens is 1. The van der Waals surface area contributed by atoms with E-state index in [-0.39, 0.29) is 5.56 Å². The molecule has 1 heterocycles. The minimum atomic E-state index is -1.08. The van der Waals surface area contributed by atoms with Crippen LogP contribution in [0.5, 0.6) is 5.75 Å². The Morgan fingerprint density at radius 1 is 1.52 bits per heavy atom. The number of ether oxygens (including phenoxy) is 1. The summed E-state index contributed by atoms with van der Waals surface area (Å²) in [6.45, 7) is 0.330. The van der Waals surface area contributed by atoms with Crippen molar-refractivity contribution >= 4 is 5.97 Å². The molecule has 1 atom stereocenters. The number of nitrogens with zero attached hydrogens (tertiary/aromatic N) is 2.